The van der Waals surface area contributed by atoms with Crippen molar-refractivity contribution in [2.24, 2.45) is 0 Å². The van der Waals surface area contributed by atoms with Crippen LogP contribution in [0.1, 0.15) is 52.1 Å². The van der Waals surface area contributed by atoms with Crippen molar-refractivity contribution in [2.45, 2.75) is 57.4 Å². The number of anilines is 1. The van der Waals surface area contributed by atoms with Crippen LogP contribution in [0.4, 0.5) is 9.93 Å². The minimum atomic E-state index is -1.13. The first kappa shape index (κ1) is 15.8. The second-order valence-electron chi connectivity index (χ2n) is 6.46. The molecule has 2 rings (SSSR count). The number of carboxylic acids is 1. The van der Waals surface area contributed by atoms with Crippen LogP contribution in [0.5, 0.6) is 0 Å². The normalized spacial score (nSPS) is 17.5. The standard InChI is InChI=1S/C14H21N3O3S/c1-13(2,3)9-8-21-12(15-9)16-11(20)17-14(10(18)19)6-4-5-7-14/h8H,4-7H2,1-3H3,(H,18,19)(H2,15,16,17,20). The van der Waals surface area contributed by atoms with Crippen molar-refractivity contribution in [3.05, 3.63) is 11.1 Å². The number of urea groups is 1. The van der Waals surface area contributed by atoms with Gasteiger partial charge in [-0.15, -0.1) is 11.3 Å². The summed E-state index contributed by atoms with van der Waals surface area (Å²) in [4.78, 5) is 27.8. The van der Waals surface area contributed by atoms with E-state index in [9.17, 15) is 14.7 Å². The number of hydrogen-bond donors (Lipinski definition) is 3. The molecule has 116 valence electrons. The second-order valence-corrected chi connectivity index (χ2v) is 7.32. The van der Waals surface area contributed by atoms with E-state index in [0.717, 1.165) is 18.5 Å². The molecule has 1 saturated carbocycles. The summed E-state index contributed by atoms with van der Waals surface area (Å²) in [5, 5.41) is 17.0. The molecule has 0 atom stereocenters. The smallest absolute Gasteiger partial charge is 0.329 e. The molecule has 0 radical (unpaired) electrons. The summed E-state index contributed by atoms with van der Waals surface area (Å²) < 4.78 is 0. The lowest BCUT2D eigenvalue weighted by Gasteiger charge is -2.25. The Morgan fingerprint density at radius 1 is 1.33 bits per heavy atom. The van der Waals surface area contributed by atoms with E-state index in [1.54, 1.807) is 0 Å². The van der Waals surface area contributed by atoms with Gasteiger partial charge in [0.2, 0.25) is 0 Å². The van der Waals surface area contributed by atoms with Gasteiger partial charge in [0.15, 0.2) is 5.13 Å². The van der Waals surface area contributed by atoms with Crippen molar-refractivity contribution in [1.82, 2.24) is 10.3 Å². The van der Waals surface area contributed by atoms with Gasteiger partial charge >= 0.3 is 12.0 Å². The Labute approximate surface area is 128 Å². The van der Waals surface area contributed by atoms with Crippen molar-refractivity contribution in [2.75, 3.05) is 5.32 Å². The minimum Gasteiger partial charge on any atom is -0.480 e. The highest BCUT2D eigenvalue weighted by molar-refractivity contribution is 7.13. The van der Waals surface area contributed by atoms with Crippen LogP contribution in [-0.2, 0) is 10.2 Å². The Balaban J connectivity index is 2.01. The summed E-state index contributed by atoms with van der Waals surface area (Å²) in [7, 11) is 0. The number of amides is 2. The first-order valence-electron chi connectivity index (χ1n) is 7.01. The Morgan fingerprint density at radius 3 is 2.43 bits per heavy atom. The van der Waals surface area contributed by atoms with Crippen LogP contribution in [0, 0.1) is 0 Å². The summed E-state index contributed by atoms with van der Waals surface area (Å²) in [5.74, 6) is -0.968. The van der Waals surface area contributed by atoms with E-state index in [2.05, 4.69) is 15.6 Å². The van der Waals surface area contributed by atoms with Crippen molar-refractivity contribution in [1.29, 1.82) is 0 Å². The molecule has 6 nitrogen and oxygen atoms in total. The highest BCUT2D eigenvalue weighted by atomic mass is 32.1. The third-order valence-electron chi connectivity index (χ3n) is 3.71. The molecule has 0 aromatic carbocycles. The van der Waals surface area contributed by atoms with Gasteiger partial charge in [0.25, 0.3) is 0 Å². The minimum absolute atomic E-state index is 0.0827. The zero-order chi connectivity index (χ0) is 15.7. The number of carbonyl (C=O) groups excluding carboxylic acids is 1. The van der Waals surface area contributed by atoms with Gasteiger partial charge in [-0.3, -0.25) is 5.32 Å². The van der Waals surface area contributed by atoms with Crippen LogP contribution < -0.4 is 10.6 Å². The predicted octanol–water partition coefficient (Wildman–Crippen LogP) is 2.96. The molecule has 21 heavy (non-hydrogen) atoms. The Kier molecular flexibility index (Phi) is 4.22. The van der Waals surface area contributed by atoms with Crippen LogP contribution in [-0.4, -0.2) is 27.6 Å². The van der Waals surface area contributed by atoms with Gasteiger partial charge in [0.05, 0.1) is 5.69 Å². The van der Waals surface area contributed by atoms with E-state index in [0.29, 0.717) is 18.0 Å². The second kappa shape index (κ2) is 5.63. The molecule has 1 aliphatic rings. The fourth-order valence-electron chi connectivity index (χ4n) is 2.39. The third kappa shape index (κ3) is 3.53. The lowest BCUT2D eigenvalue weighted by Crippen LogP contribution is -2.53. The molecule has 1 aromatic heterocycles. The van der Waals surface area contributed by atoms with Gasteiger partial charge < -0.3 is 10.4 Å². The summed E-state index contributed by atoms with van der Waals surface area (Å²) in [6.45, 7) is 6.14. The molecular weight excluding hydrogens is 290 g/mol. The molecule has 0 bridgehead atoms. The summed E-state index contributed by atoms with van der Waals surface area (Å²) in [6, 6.07) is -0.505. The SMILES string of the molecule is CC(C)(C)c1csc(NC(=O)NC2(C(=O)O)CCCC2)n1. The predicted molar refractivity (Wildman–Crippen MR) is 81.8 cm³/mol. The zero-order valence-electron chi connectivity index (χ0n) is 12.5. The molecule has 1 aliphatic carbocycles. The fourth-order valence-corrected chi connectivity index (χ4v) is 3.32. The molecule has 7 heteroatoms. The Bertz CT molecular complexity index is 542. The largest absolute Gasteiger partial charge is 0.480 e. The maximum atomic E-state index is 12.0. The number of hydrogen-bond acceptors (Lipinski definition) is 4. The van der Waals surface area contributed by atoms with Crippen LogP contribution in [0.25, 0.3) is 0 Å². The lowest BCUT2D eigenvalue weighted by atomic mass is 9.93. The number of rotatable bonds is 3. The molecule has 3 N–H and O–H groups in total. The maximum absolute atomic E-state index is 12.0. The van der Waals surface area contributed by atoms with E-state index < -0.39 is 17.5 Å². The van der Waals surface area contributed by atoms with Gasteiger partial charge in [0.1, 0.15) is 5.54 Å². The van der Waals surface area contributed by atoms with Gasteiger partial charge in [-0.1, -0.05) is 33.6 Å². The first-order chi connectivity index (χ1) is 9.73. The van der Waals surface area contributed by atoms with E-state index in [-0.39, 0.29) is 5.41 Å². The van der Waals surface area contributed by atoms with Crippen molar-refractivity contribution in [3.8, 4) is 0 Å². The van der Waals surface area contributed by atoms with E-state index in [4.69, 9.17) is 0 Å². The topological polar surface area (TPSA) is 91.3 Å². The maximum Gasteiger partial charge on any atom is 0.329 e. The molecule has 0 saturated heterocycles. The lowest BCUT2D eigenvalue weighted by molar-refractivity contribution is -0.144. The Morgan fingerprint density at radius 2 is 1.95 bits per heavy atom. The van der Waals surface area contributed by atoms with Crippen molar-refractivity contribution < 1.29 is 14.7 Å². The Hall–Kier alpha value is -1.63. The van der Waals surface area contributed by atoms with Crippen LogP contribution in [0.2, 0.25) is 0 Å². The highest BCUT2D eigenvalue weighted by Crippen LogP contribution is 2.30. The van der Waals surface area contributed by atoms with Crippen LogP contribution >= 0.6 is 11.3 Å². The average Bonchev–Trinajstić information content (AvgIpc) is 2.97. The molecule has 0 aliphatic heterocycles. The van der Waals surface area contributed by atoms with Crippen LogP contribution in [0.3, 0.4) is 0 Å². The third-order valence-corrected chi connectivity index (χ3v) is 4.47. The van der Waals surface area contributed by atoms with E-state index in [1.807, 2.05) is 26.2 Å². The molecule has 0 spiro atoms. The van der Waals surface area contributed by atoms with Gasteiger partial charge in [-0.25, -0.2) is 14.6 Å². The monoisotopic (exact) mass is 311 g/mol. The van der Waals surface area contributed by atoms with Gasteiger partial charge in [-0.05, 0) is 12.8 Å². The average molecular weight is 311 g/mol. The number of carbonyl (C=O) groups is 2. The summed E-state index contributed by atoms with van der Waals surface area (Å²) >= 11 is 1.34. The first-order valence-corrected chi connectivity index (χ1v) is 7.89. The molecule has 2 amide bonds. The van der Waals surface area contributed by atoms with Crippen LogP contribution in [0.15, 0.2) is 5.38 Å². The number of aliphatic carboxylic acids is 1. The number of nitrogens with one attached hydrogen (secondary N) is 2. The number of aromatic nitrogens is 1. The summed E-state index contributed by atoms with van der Waals surface area (Å²) in [6.07, 6.45) is 2.58. The molecule has 1 aromatic rings. The summed E-state index contributed by atoms with van der Waals surface area (Å²) in [5.41, 5.74) is -0.314. The van der Waals surface area contributed by atoms with Crippen molar-refractivity contribution in [3.63, 3.8) is 0 Å². The number of nitrogens with zero attached hydrogens (tertiary/aromatic N) is 1. The number of carboxylic acid groups (broad SMARTS) is 1. The van der Waals surface area contributed by atoms with E-state index >= 15 is 0 Å². The number of thiazole rings is 1. The zero-order valence-corrected chi connectivity index (χ0v) is 13.3. The molecule has 0 unspecified atom stereocenters. The highest BCUT2D eigenvalue weighted by Gasteiger charge is 2.42. The molecule has 1 heterocycles. The fraction of sp³-hybridized carbons (Fsp3) is 0.643. The quantitative estimate of drug-likeness (QED) is 0.800. The van der Waals surface area contributed by atoms with Crippen molar-refractivity contribution >= 4 is 28.5 Å². The molecule has 1 fully saturated rings. The molecular formula is C14H21N3O3S. The van der Waals surface area contributed by atoms with Gasteiger partial charge in [-0.2, -0.15) is 0 Å². The van der Waals surface area contributed by atoms with E-state index in [1.165, 1.54) is 11.3 Å². The van der Waals surface area contributed by atoms with Gasteiger partial charge in [0, 0.05) is 10.8 Å².